The lowest BCUT2D eigenvalue weighted by Crippen LogP contribution is -2.14. The lowest BCUT2D eigenvalue weighted by molar-refractivity contribution is 0.867. The van der Waals surface area contributed by atoms with E-state index in [1.165, 1.54) is 6.07 Å². The molecule has 2 rings (SSSR count). The van der Waals surface area contributed by atoms with Gasteiger partial charge in [-0.1, -0.05) is 32.0 Å². The molecule has 0 bridgehead atoms. The second-order valence-electron chi connectivity index (χ2n) is 4.92. The lowest BCUT2D eigenvalue weighted by atomic mass is 9.98. The van der Waals surface area contributed by atoms with Crippen LogP contribution in [0.1, 0.15) is 36.6 Å². The Balaban J connectivity index is 2.48. The van der Waals surface area contributed by atoms with Crippen LogP contribution in [0.25, 0.3) is 0 Å². The summed E-state index contributed by atoms with van der Waals surface area (Å²) in [5, 5.41) is 12.0. The van der Waals surface area contributed by atoms with Crippen LogP contribution in [0.5, 0.6) is 0 Å². The Morgan fingerprint density at radius 3 is 2.80 bits per heavy atom. The van der Waals surface area contributed by atoms with Crippen LogP contribution in [-0.2, 0) is 0 Å². The first-order valence-corrected chi connectivity index (χ1v) is 6.39. The summed E-state index contributed by atoms with van der Waals surface area (Å²) in [5.41, 5.74) is 2.80. The van der Waals surface area contributed by atoms with E-state index in [0.29, 0.717) is 11.7 Å². The van der Waals surface area contributed by atoms with E-state index in [4.69, 9.17) is 5.26 Å². The van der Waals surface area contributed by atoms with Crippen molar-refractivity contribution in [3.05, 3.63) is 51.6 Å². The first-order valence-electron chi connectivity index (χ1n) is 6.39. The van der Waals surface area contributed by atoms with Crippen molar-refractivity contribution in [1.29, 1.82) is 5.26 Å². The number of nitrogens with zero attached hydrogens (tertiary/aromatic N) is 2. The molecule has 0 fully saturated rings. The monoisotopic (exact) mass is 268 g/mol. The first-order chi connectivity index (χ1) is 9.51. The standard InChI is InChI=1S/C15H16N4O/c1-9(2)12-6-4-5-10(3)14(12)18-13-7-11(8-16)17-15(20)19-13/h4-7,9H,1-3H3,(H2,17,18,19,20). The molecular weight excluding hydrogens is 252 g/mol. The van der Waals surface area contributed by atoms with Crippen molar-refractivity contribution in [2.45, 2.75) is 26.7 Å². The van der Waals surface area contributed by atoms with Crippen molar-refractivity contribution in [3.63, 3.8) is 0 Å². The van der Waals surface area contributed by atoms with E-state index < -0.39 is 5.69 Å². The van der Waals surface area contributed by atoms with Crippen molar-refractivity contribution >= 4 is 11.5 Å². The third-order valence-corrected chi connectivity index (χ3v) is 3.05. The van der Waals surface area contributed by atoms with Crippen molar-refractivity contribution < 1.29 is 0 Å². The maximum Gasteiger partial charge on any atom is 0.347 e. The summed E-state index contributed by atoms with van der Waals surface area (Å²) < 4.78 is 0. The molecule has 102 valence electrons. The van der Waals surface area contributed by atoms with Gasteiger partial charge in [0.05, 0.1) is 0 Å². The number of benzene rings is 1. The normalized spacial score (nSPS) is 10.3. The first kappa shape index (κ1) is 13.8. The van der Waals surface area contributed by atoms with Gasteiger partial charge < -0.3 is 5.32 Å². The van der Waals surface area contributed by atoms with E-state index in [1.807, 2.05) is 31.2 Å². The zero-order valence-corrected chi connectivity index (χ0v) is 11.7. The fourth-order valence-electron chi connectivity index (χ4n) is 2.05. The summed E-state index contributed by atoms with van der Waals surface area (Å²) in [6, 6.07) is 9.47. The van der Waals surface area contributed by atoms with E-state index in [-0.39, 0.29) is 5.69 Å². The zero-order chi connectivity index (χ0) is 14.7. The fraction of sp³-hybridized carbons (Fsp3) is 0.267. The van der Waals surface area contributed by atoms with Gasteiger partial charge >= 0.3 is 5.69 Å². The average molecular weight is 268 g/mol. The number of aromatic nitrogens is 2. The van der Waals surface area contributed by atoms with E-state index in [1.54, 1.807) is 0 Å². The molecule has 0 spiro atoms. The van der Waals surface area contributed by atoms with E-state index in [9.17, 15) is 4.79 Å². The number of nitrogens with one attached hydrogen (secondary N) is 2. The van der Waals surface area contributed by atoms with E-state index >= 15 is 0 Å². The van der Waals surface area contributed by atoms with Gasteiger partial charge in [-0.2, -0.15) is 10.2 Å². The highest BCUT2D eigenvalue weighted by molar-refractivity contribution is 5.65. The van der Waals surface area contributed by atoms with Gasteiger partial charge in [-0.25, -0.2) is 4.79 Å². The number of nitriles is 1. The molecule has 1 aromatic heterocycles. The molecule has 5 nitrogen and oxygen atoms in total. The molecule has 1 heterocycles. The Hall–Kier alpha value is -2.61. The largest absolute Gasteiger partial charge is 0.347 e. The molecule has 20 heavy (non-hydrogen) atoms. The summed E-state index contributed by atoms with van der Waals surface area (Å²) >= 11 is 0. The number of hydrogen-bond acceptors (Lipinski definition) is 4. The number of hydrogen-bond donors (Lipinski definition) is 2. The quantitative estimate of drug-likeness (QED) is 0.896. The molecule has 0 saturated heterocycles. The van der Waals surface area contributed by atoms with E-state index in [0.717, 1.165) is 16.8 Å². The number of aromatic amines is 1. The van der Waals surface area contributed by atoms with Crippen molar-refractivity contribution in [3.8, 4) is 6.07 Å². The van der Waals surface area contributed by atoms with Crippen molar-refractivity contribution in [1.82, 2.24) is 9.97 Å². The Labute approximate surface area is 117 Å². The molecular formula is C15H16N4O. The summed E-state index contributed by atoms with van der Waals surface area (Å²) in [6.07, 6.45) is 0. The van der Waals surface area contributed by atoms with Crippen LogP contribution in [0, 0.1) is 18.3 Å². The van der Waals surface area contributed by atoms with Crippen molar-refractivity contribution in [2.24, 2.45) is 0 Å². The number of aryl methyl sites for hydroxylation is 1. The van der Waals surface area contributed by atoms with Gasteiger partial charge in [0.25, 0.3) is 0 Å². The number of rotatable bonds is 3. The smallest absolute Gasteiger partial charge is 0.340 e. The topological polar surface area (TPSA) is 81.6 Å². The van der Waals surface area contributed by atoms with Gasteiger partial charge in [0.15, 0.2) is 0 Å². The Morgan fingerprint density at radius 2 is 2.15 bits per heavy atom. The number of H-pyrrole nitrogens is 1. The molecule has 0 radical (unpaired) electrons. The van der Waals surface area contributed by atoms with Gasteiger partial charge in [0.2, 0.25) is 0 Å². The third kappa shape index (κ3) is 2.86. The summed E-state index contributed by atoms with van der Waals surface area (Å²) in [4.78, 5) is 17.6. The van der Waals surface area contributed by atoms with Crippen LogP contribution < -0.4 is 11.0 Å². The van der Waals surface area contributed by atoms with Crippen LogP contribution in [0.2, 0.25) is 0 Å². The molecule has 0 amide bonds. The molecule has 2 N–H and O–H groups in total. The predicted octanol–water partition coefficient (Wildman–Crippen LogP) is 2.82. The zero-order valence-electron chi connectivity index (χ0n) is 11.7. The van der Waals surface area contributed by atoms with Gasteiger partial charge in [0.1, 0.15) is 17.6 Å². The van der Waals surface area contributed by atoms with Crippen LogP contribution >= 0.6 is 0 Å². The minimum absolute atomic E-state index is 0.187. The Morgan fingerprint density at radius 1 is 1.40 bits per heavy atom. The molecule has 0 aliphatic heterocycles. The number of anilines is 2. The third-order valence-electron chi connectivity index (χ3n) is 3.05. The van der Waals surface area contributed by atoms with Gasteiger partial charge in [0, 0.05) is 11.8 Å². The van der Waals surface area contributed by atoms with Gasteiger partial charge in [-0.05, 0) is 24.0 Å². The molecule has 1 aromatic carbocycles. The van der Waals surface area contributed by atoms with Crippen LogP contribution in [0.3, 0.4) is 0 Å². The molecule has 5 heteroatoms. The summed E-state index contributed by atoms with van der Waals surface area (Å²) in [7, 11) is 0. The second-order valence-corrected chi connectivity index (χ2v) is 4.92. The molecule has 2 aromatic rings. The molecule has 0 aliphatic rings. The highest BCUT2D eigenvalue weighted by Crippen LogP contribution is 2.29. The molecule has 0 saturated carbocycles. The average Bonchev–Trinajstić information content (AvgIpc) is 2.40. The van der Waals surface area contributed by atoms with Gasteiger partial charge in [-0.3, -0.25) is 4.98 Å². The van der Waals surface area contributed by atoms with E-state index in [2.05, 4.69) is 29.1 Å². The second kappa shape index (κ2) is 5.57. The molecule has 0 unspecified atom stereocenters. The van der Waals surface area contributed by atoms with Gasteiger partial charge in [-0.15, -0.1) is 0 Å². The minimum atomic E-state index is -0.536. The number of para-hydroxylation sites is 1. The summed E-state index contributed by atoms with van der Waals surface area (Å²) in [6.45, 7) is 6.20. The lowest BCUT2D eigenvalue weighted by Gasteiger charge is -2.16. The van der Waals surface area contributed by atoms with Crippen LogP contribution in [0.4, 0.5) is 11.5 Å². The predicted molar refractivity (Wildman–Crippen MR) is 78.1 cm³/mol. The maximum absolute atomic E-state index is 11.4. The van der Waals surface area contributed by atoms with Crippen LogP contribution in [0.15, 0.2) is 29.1 Å². The minimum Gasteiger partial charge on any atom is -0.340 e. The highest BCUT2D eigenvalue weighted by atomic mass is 16.1. The van der Waals surface area contributed by atoms with Crippen molar-refractivity contribution in [2.75, 3.05) is 5.32 Å². The van der Waals surface area contributed by atoms with Crippen LogP contribution in [-0.4, -0.2) is 9.97 Å². The summed E-state index contributed by atoms with van der Waals surface area (Å²) in [5.74, 6) is 0.719. The Bertz CT molecular complexity index is 725. The Kier molecular flexibility index (Phi) is 3.85. The fourth-order valence-corrected chi connectivity index (χ4v) is 2.05. The highest BCUT2D eigenvalue weighted by Gasteiger charge is 2.10. The maximum atomic E-state index is 11.4. The molecule has 0 atom stereocenters. The molecule has 0 aliphatic carbocycles. The SMILES string of the molecule is Cc1cccc(C(C)C)c1Nc1cc(C#N)[nH]c(=O)n1.